The molecule has 0 bridgehead atoms. The molecule has 20 heavy (non-hydrogen) atoms. The average Bonchev–Trinajstić information content (AvgIpc) is 2.85. The second-order valence-corrected chi connectivity index (χ2v) is 5.70. The Balaban J connectivity index is 2.25. The van der Waals surface area contributed by atoms with Crippen molar-refractivity contribution in [2.24, 2.45) is 7.05 Å². The summed E-state index contributed by atoms with van der Waals surface area (Å²) in [5.74, 6) is 1.01. The van der Waals surface area contributed by atoms with E-state index in [-0.39, 0.29) is 5.41 Å². The quantitative estimate of drug-likeness (QED) is 0.877. The normalized spacial score (nSPS) is 13.4. The minimum atomic E-state index is 0.0310. The molecule has 0 spiro atoms. The van der Waals surface area contributed by atoms with Crippen LogP contribution in [-0.2, 0) is 18.9 Å². The lowest BCUT2D eigenvalue weighted by atomic mass is 9.76. The Morgan fingerprint density at radius 1 is 1.25 bits per heavy atom. The van der Waals surface area contributed by atoms with Gasteiger partial charge in [-0.15, -0.1) is 0 Å². The topological polar surface area (TPSA) is 42.7 Å². The van der Waals surface area contributed by atoms with Crippen LogP contribution in [0.4, 0.5) is 0 Å². The molecular formula is C16H24N4. The Bertz CT molecular complexity index is 530. The lowest BCUT2D eigenvalue weighted by Gasteiger charge is -2.35. The molecule has 0 aliphatic heterocycles. The van der Waals surface area contributed by atoms with Gasteiger partial charge in [0.2, 0.25) is 0 Å². The Hall–Kier alpha value is -1.68. The fourth-order valence-corrected chi connectivity index (χ4v) is 2.59. The molecule has 108 valence electrons. The maximum atomic E-state index is 4.36. The van der Waals surface area contributed by atoms with Crippen LogP contribution >= 0.6 is 0 Å². The maximum absolute atomic E-state index is 4.36. The Morgan fingerprint density at radius 3 is 2.50 bits per heavy atom. The van der Waals surface area contributed by atoms with Gasteiger partial charge in [0.15, 0.2) is 0 Å². The number of rotatable bonds is 6. The molecule has 0 saturated heterocycles. The van der Waals surface area contributed by atoms with Crippen LogP contribution in [0.1, 0.15) is 32.2 Å². The number of aromatic nitrogens is 3. The van der Waals surface area contributed by atoms with Crippen molar-refractivity contribution in [3.63, 3.8) is 0 Å². The summed E-state index contributed by atoms with van der Waals surface area (Å²) in [5.41, 5.74) is 1.37. The van der Waals surface area contributed by atoms with Gasteiger partial charge in [0, 0.05) is 24.9 Å². The number of benzene rings is 1. The number of aryl methyl sites for hydroxylation is 1. The standard InChI is InChI=1S/C16H24N4/c1-5-17-14(11-15-18-12-19-20(15)4)16(2,3)13-9-7-6-8-10-13/h6-10,12,14,17H,5,11H2,1-4H3. The minimum Gasteiger partial charge on any atom is -0.313 e. The zero-order valence-electron chi connectivity index (χ0n) is 12.8. The summed E-state index contributed by atoms with van der Waals surface area (Å²) in [6, 6.07) is 11.0. The van der Waals surface area contributed by atoms with Gasteiger partial charge < -0.3 is 5.32 Å². The van der Waals surface area contributed by atoms with Gasteiger partial charge in [-0.2, -0.15) is 5.10 Å². The summed E-state index contributed by atoms with van der Waals surface area (Å²) in [6.07, 6.45) is 2.49. The third-order valence-corrected chi connectivity index (χ3v) is 4.03. The molecule has 0 amide bonds. The third kappa shape index (κ3) is 3.07. The fraction of sp³-hybridized carbons (Fsp3) is 0.500. The highest BCUT2D eigenvalue weighted by atomic mass is 15.3. The van der Waals surface area contributed by atoms with E-state index in [9.17, 15) is 0 Å². The van der Waals surface area contributed by atoms with Crippen LogP contribution in [0.15, 0.2) is 36.7 Å². The highest BCUT2D eigenvalue weighted by Crippen LogP contribution is 2.28. The van der Waals surface area contributed by atoms with Crippen LogP contribution in [0.2, 0.25) is 0 Å². The minimum absolute atomic E-state index is 0.0310. The molecule has 0 radical (unpaired) electrons. The van der Waals surface area contributed by atoms with Gasteiger partial charge in [-0.25, -0.2) is 4.98 Å². The highest BCUT2D eigenvalue weighted by Gasteiger charge is 2.31. The van der Waals surface area contributed by atoms with Crippen molar-refractivity contribution in [1.29, 1.82) is 0 Å². The lowest BCUT2D eigenvalue weighted by molar-refractivity contribution is 0.335. The Kier molecular flexibility index (Phi) is 4.55. The Labute approximate surface area is 121 Å². The molecule has 4 nitrogen and oxygen atoms in total. The monoisotopic (exact) mass is 272 g/mol. The highest BCUT2D eigenvalue weighted by molar-refractivity contribution is 5.26. The summed E-state index contributed by atoms with van der Waals surface area (Å²) < 4.78 is 1.85. The number of likely N-dealkylation sites (N-methyl/N-ethyl adjacent to an activating group) is 1. The molecule has 4 heteroatoms. The van der Waals surface area contributed by atoms with E-state index in [0.29, 0.717) is 6.04 Å². The van der Waals surface area contributed by atoms with E-state index in [1.54, 1.807) is 6.33 Å². The first-order valence-electron chi connectivity index (χ1n) is 7.17. The summed E-state index contributed by atoms with van der Waals surface area (Å²) >= 11 is 0. The maximum Gasteiger partial charge on any atom is 0.138 e. The van der Waals surface area contributed by atoms with Crippen molar-refractivity contribution < 1.29 is 0 Å². The van der Waals surface area contributed by atoms with Gasteiger partial charge in [-0.3, -0.25) is 4.68 Å². The lowest BCUT2D eigenvalue weighted by Crippen LogP contribution is -2.46. The molecule has 1 aromatic carbocycles. The molecule has 2 rings (SSSR count). The van der Waals surface area contributed by atoms with E-state index in [1.165, 1.54) is 5.56 Å². The average molecular weight is 272 g/mol. The molecule has 1 atom stereocenters. The first kappa shape index (κ1) is 14.7. The summed E-state index contributed by atoms with van der Waals surface area (Å²) in [5, 5.41) is 7.77. The van der Waals surface area contributed by atoms with Gasteiger partial charge in [-0.05, 0) is 12.1 Å². The molecule has 1 unspecified atom stereocenters. The van der Waals surface area contributed by atoms with Crippen LogP contribution in [0.5, 0.6) is 0 Å². The van der Waals surface area contributed by atoms with Gasteiger partial charge in [0.25, 0.3) is 0 Å². The van der Waals surface area contributed by atoms with E-state index in [4.69, 9.17) is 0 Å². The fourth-order valence-electron chi connectivity index (χ4n) is 2.59. The number of nitrogens with zero attached hydrogens (tertiary/aromatic N) is 3. The third-order valence-electron chi connectivity index (χ3n) is 4.03. The van der Waals surface area contributed by atoms with Crippen LogP contribution in [0, 0.1) is 0 Å². The molecule has 0 aliphatic rings. The van der Waals surface area contributed by atoms with Gasteiger partial charge >= 0.3 is 0 Å². The molecule has 1 aromatic heterocycles. The van der Waals surface area contributed by atoms with Gasteiger partial charge in [-0.1, -0.05) is 51.1 Å². The van der Waals surface area contributed by atoms with Crippen molar-refractivity contribution in [1.82, 2.24) is 20.1 Å². The largest absolute Gasteiger partial charge is 0.313 e. The van der Waals surface area contributed by atoms with Gasteiger partial charge in [0.05, 0.1) is 0 Å². The van der Waals surface area contributed by atoms with Crippen LogP contribution in [0.3, 0.4) is 0 Å². The molecule has 0 aliphatic carbocycles. The van der Waals surface area contributed by atoms with Crippen LogP contribution in [-0.4, -0.2) is 27.4 Å². The number of nitrogens with one attached hydrogen (secondary N) is 1. The van der Waals surface area contributed by atoms with Crippen molar-refractivity contribution >= 4 is 0 Å². The summed E-state index contributed by atoms with van der Waals surface area (Å²) in [7, 11) is 1.95. The predicted octanol–water partition coefficient (Wildman–Crippen LogP) is 2.31. The molecular weight excluding hydrogens is 248 g/mol. The number of hydrogen-bond donors (Lipinski definition) is 1. The van der Waals surface area contributed by atoms with Crippen molar-refractivity contribution in [3.8, 4) is 0 Å². The molecule has 1 N–H and O–H groups in total. The van der Waals surface area contributed by atoms with E-state index in [0.717, 1.165) is 18.8 Å². The molecule has 0 fully saturated rings. The van der Waals surface area contributed by atoms with E-state index in [1.807, 2.05) is 11.7 Å². The predicted molar refractivity (Wildman–Crippen MR) is 81.6 cm³/mol. The smallest absolute Gasteiger partial charge is 0.138 e. The SMILES string of the molecule is CCNC(Cc1ncnn1C)C(C)(C)c1ccccc1. The van der Waals surface area contributed by atoms with E-state index in [2.05, 4.69) is 66.5 Å². The zero-order chi connectivity index (χ0) is 14.6. The van der Waals surface area contributed by atoms with Gasteiger partial charge in [0.1, 0.15) is 12.2 Å². The Morgan fingerprint density at radius 2 is 1.95 bits per heavy atom. The van der Waals surface area contributed by atoms with Crippen molar-refractivity contribution in [3.05, 3.63) is 48.0 Å². The van der Waals surface area contributed by atoms with Crippen LogP contribution in [0.25, 0.3) is 0 Å². The van der Waals surface area contributed by atoms with E-state index >= 15 is 0 Å². The second-order valence-electron chi connectivity index (χ2n) is 5.70. The first-order chi connectivity index (χ1) is 9.55. The first-order valence-corrected chi connectivity index (χ1v) is 7.17. The van der Waals surface area contributed by atoms with Crippen molar-refractivity contribution in [2.45, 2.75) is 38.6 Å². The number of hydrogen-bond acceptors (Lipinski definition) is 3. The van der Waals surface area contributed by atoms with Crippen molar-refractivity contribution in [2.75, 3.05) is 6.54 Å². The summed E-state index contributed by atoms with van der Waals surface area (Å²) in [6.45, 7) is 7.65. The van der Waals surface area contributed by atoms with E-state index < -0.39 is 0 Å². The summed E-state index contributed by atoms with van der Waals surface area (Å²) in [4.78, 5) is 4.36. The molecule has 0 saturated carbocycles. The molecule has 1 heterocycles. The van der Waals surface area contributed by atoms with Crippen LogP contribution < -0.4 is 5.32 Å². The zero-order valence-corrected chi connectivity index (χ0v) is 12.8. The molecule has 2 aromatic rings. The second kappa shape index (κ2) is 6.18.